The lowest BCUT2D eigenvalue weighted by Crippen LogP contribution is -2.35. The van der Waals surface area contributed by atoms with Gasteiger partial charge in [-0.25, -0.2) is 9.97 Å². The van der Waals surface area contributed by atoms with E-state index >= 15 is 0 Å². The molecule has 9 heteroatoms. The molecule has 0 aromatic carbocycles. The molecule has 142 valence electrons. The summed E-state index contributed by atoms with van der Waals surface area (Å²) in [6.07, 6.45) is 0.924. The van der Waals surface area contributed by atoms with E-state index in [1.165, 1.54) is 23.6 Å². The van der Waals surface area contributed by atoms with Crippen LogP contribution in [0.5, 0.6) is 0 Å². The fraction of sp³-hybridized carbons (Fsp3) is 0.389. The van der Waals surface area contributed by atoms with Gasteiger partial charge in [0.2, 0.25) is 0 Å². The van der Waals surface area contributed by atoms with Gasteiger partial charge in [-0.3, -0.25) is 4.79 Å². The number of amides is 1. The Balaban J connectivity index is 1.56. The number of nitrogens with one attached hydrogen (secondary N) is 1. The number of furan rings is 1. The normalized spacial score (nSPS) is 14.6. The van der Waals surface area contributed by atoms with Crippen LogP contribution in [-0.2, 0) is 0 Å². The van der Waals surface area contributed by atoms with E-state index in [-0.39, 0.29) is 18.0 Å². The minimum Gasteiger partial charge on any atom is -0.462 e. The third-order valence-electron chi connectivity index (χ3n) is 4.56. The molecular formula is C18H17F3N4O2. The van der Waals surface area contributed by atoms with Gasteiger partial charge in [0.05, 0.1) is 12.0 Å². The molecule has 4 rings (SSSR count). The maximum absolute atomic E-state index is 12.7. The average molecular weight is 378 g/mol. The van der Waals surface area contributed by atoms with Crippen molar-refractivity contribution >= 4 is 16.9 Å². The Morgan fingerprint density at radius 1 is 1.33 bits per heavy atom. The second-order valence-electron chi connectivity index (χ2n) is 6.72. The van der Waals surface area contributed by atoms with Crippen LogP contribution >= 0.6 is 0 Å². The van der Waals surface area contributed by atoms with E-state index in [4.69, 9.17) is 4.42 Å². The van der Waals surface area contributed by atoms with Crippen LogP contribution in [0.3, 0.4) is 0 Å². The van der Waals surface area contributed by atoms with Gasteiger partial charge in [0, 0.05) is 24.7 Å². The Labute approximate surface area is 152 Å². The maximum atomic E-state index is 12.7. The first-order valence-corrected chi connectivity index (χ1v) is 8.64. The molecule has 1 aliphatic carbocycles. The van der Waals surface area contributed by atoms with Gasteiger partial charge in [-0.15, -0.1) is 0 Å². The number of fused-ring (bicyclic) bond motifs is 1. The number of nitrogens with zero attached hydrogens (tertiary/aromatic N) is 3. The van der Waals surface area contributed by atoms with Crippen LogP contribution in [-0.4, -0.2) is 45.0 Å². The van der Waals surface area contributed by atoms with Crippen molar-refractivity contribution in [2.75, 3.05) is 13.1 Å². The molecule has 6 nitrogen and oxygen atoms in total. The molecule has 0 atom stereocenters. The smallest absolute Gasteiger partial charge is 0.390 e. The van der Waals surface area contributed by atoms with Gasteiger partial charge >= 0.3 is 6.18 Å². The standard InChI is InChI=1S/C18H17F3N4O2/c19-18(20,21)4-6-25(8-11-1-2-11)17(26)12-7-14(27-9-12)15-13-3-5-22-16(13)24-10-23-15/h3,5,7,9-11H,1-2,4,6,8H2,(H,22,23,24). The SMILES string of the molecule is O=C(c1coc(-c2ncnc3[nH]ccc23)c1)N(CCC(F)(F)F)CC1CC1. The van der Waals surface area contributed by atoms with Crippen LogP contribution < -0.4 is 0 Å². The molecule has 1 aliphatic rings. The molecule has 0 aliphatic heterocycles. The molecule has 0 spiro atoms. The Hall–Kier alpha value is -2.84. The number of carbonyl (C=O) groups excluding carboxylic acids is 1. The van der Waals surface area contributed by atoms with Crippen LogP contribution in [0.25, 0.3) is 22.5 Å². The monoisotopic (exact) mass is 378 g/mol. The van der Waals surface area contributed by atoms with Crippen molar-refractivity contribution in [3.05, 3.63) is 36.5 Å². The van der Waals surface area contributed by atoms with Crippen molar-refractivity contribution in [1.82, 2.24) is 19.9 Å². The van der Waals surface area contributed by atoms with Gasteiger partial charge in [0.1, 0.15) is 23.9 Å². The third-order valence-corrected chi connectivity index (χ3v) is 4.56. The zero-order chi connectivity index (χ0) is 19.0. The highest BCUT2D eigenvalue weighted by molar-refractivity contribution is 5.96. The quantitative estimate of drug-likeness (QED) is 0.703. The van der Waals surface area contributed by atoms with Crippen LogP contribution in [0, 0.1) is 5.92 Å². The zero-order valence-corrected chi connectivity index (χ0v) is 14.3. The number of H-pyrrole nitrogens is 1. The Kier molecular flexibility index (Phi) is 4.37. The predicted octanol–water partition coefficient (Wildman–Crippen LogP) is 4.02. The fourth-order valence-electron chi connectivity index (χ4n) is 2.97. The first kappa shape index (κ1) is 17.6. The molecule has 0 saturated heterocycles. The lowest BCUT2D eigenvalue weighted by Gasteiger charge is -2.22. The lowest BCUT2D eigenvalue weighted by atomic mass is 10.2. The van der Waals surface area contributed by atoms with Crippen molar-refractivity contribution in [1.29, 1.82) is 0 Å². The van der Waals surface area contributed by atoms with Crippen molar-refractivity contribution in [3.63, 3.8) is 0 Å². The molecule has 1 saturated carbocycles. The predicted molar refractivity (Wildman–Crippen MR) is 90.9 cm³/mol. The van der Waals surface area contributed by atoms with Crippen LogP contribution in [0.15, 0.2) is 35.3 Å². The number of halogens is 3. The van der Waals surface area contributed by atoms with Crippen molar-refractivity contribution < 1.29 is 22.4 Å². The van der Waals surface area contributed by atoms with Gasteiger partial charge in [-0.2, -0.15) is 13.2 Å². The molecule has 0 radical (unpaired) electrons. The maximum Gasteiger partial charge on any atom is 0.390 e. The summed E-state index contributed by atoms with van der Waals surface area (Å²) in [4.78, 5) is 25.3. The van der Waals surface area contributed by atoms with Crippen molar-refractivity contribution in [2.45, 2.75) is 25.4 Å². The summed E-state index contributed by atoms with van der Waals surface area (Å²) >= 11 is 0. The number of rotatable bonds is 6. The Morgan fingerprint density at radius 3 is 2.89 bits per heavy atom. The largest absolute Gasteiger partial charge is 0.462 e. The summed E-state index contributed by atoms with van der Waals surface area (Å²) in [6, 6.07) is 3.31. The number of alkyl halides is 3. The van der Waals surface area contributed by atoms with E-state index in [1.807, 2.05) is 0 Å². The lowest BCUT2D eigenvalue weighted by molar-refractivity contribution is -0.136. The number of hydrogen-bond donors (Lipinski definition) is 1. The minimum atomic E-state index is -4.30. The van der Waals surface area contributed by atoms with E-state index in [2.05, 4.69) is 15.0 Å². The zero-order valence-electron chi connectivity index (χ0n) is 14.3. The highest BCUT2D eigenvalue weighted by atomic mass is 19.4. The van der Waals surface area contributed by atoms with E-state index in [0.29, 0.717) is 23.6 Å². The molecule has 1 fully saturated rings. The molecule has 1 N–H and O–H groups in total. The fourth-order valence-corrected chi connectivity index (χ4v) is 2.97. The number of aromatic nitrogens is 3. The van der Waals surface area contributed by atoms with Crippen molar-refractivity contribution in [3.8, 4) is 11.5 Å². The summed E-state index contributed by atoms with van der Waals surface area (Å²) in [5, 5.41) is 0.734. The third kappa shape index (κ3) is 3.96. The number of carbonyl (C=O) groups is 1. The first-order valence-electron chi connectivity index (χ1n) is 8.64. The second kappa shape index (κ2) is 6.71. The summed E-state index contributed by atoms with van der Waals surface area (Å²) in [6.45, 7) is -0.0140. The molecular weight excluding hydrogens is 361 g/mol. The second-order valence-corrected chi connectivity index (χ2v) is 6.72. The van der Waals surface area contributed by atoms with Gasteiger partial charge in [0.15, 0.2) is 5.76 Å². The number of hydrogen-bond acceptors (Lipinski definition) is 4. The van der Waals surface area contributed by atoms with E-state index in [1.54, 1.807) is 12.3 Å². The average Bonchev–Trinajstić information content (AvgIpc) is 3.11. The van der Waals surface area contributed by atoms with E-state index in [9.17, 15) is 18.0 Å². The highest BCUT2D eigenvalue weighted by Crippen LogP contribution is 2.32. The molecule has 0 bridgehead atoms. The topological polar surface area (TPSA) is 75.0 Å². The Morgan fingerprint density at radius 2 is 2.15 bits per heavy atom. The van der Waals surface area contributed by atoms with Gasteiger partial charge in [-0.1, -0.05) is 0 Å². The van der Waals surface area contributed by atoms with Gasteiger partial charge < -0.3 is 14.3 Å². The summed E-state index contributed by atoms with van der Waals surface area (Å²) in [5.74, 6) is 0.197. The van der Waals surface area contributed by atoms with Gasteiger partial charge in [0.25, 0.3) is 5.91 Å². The van der Waals surface area contributed by atoms with Crippen LogP contribution in [0.4, 0.5) is 13.2 Å². The highest BCUT2D eigenvalue weighted by Gasteiger charge is 2.32. The minimum absolute atomic E-state index is 0.218. The Bertz CT molecular complexity index is 959. The van der Waals surface area contributed by atoms with Crippen LogP contribution in [0.2, 0.25) is 0 Å². The molecule has 3 aromatic rings. The van der Waals surface area contributed by atoms with Crippen molar-refractivity contribution in [2.24, 2.45) is 5.92 Å². The van der Waals surface area contributed by atoms with Gasteiger partial charge in [-0.05, 0) is 30.9 Å². The molecule has 0 unspecified atom stereocenters. The number of aromatic amines is 1. The van der Waals surface area contributed by atoms with Crippen LogP contribution in [0.1, 0.15) is 29.6 Å². The molecule has 27 heavy (non-hydrogen) atoms. The first-order chi connectivity index (χ1) is 12.9. The summed E-state index contributed by atoms with van der Waals surface area (Å²) in [5.41, 5.74) is 1.37. The molecule has 3 heterocycles. The molecule has 1 amide bonds. The van der Waals surface area contributed by atoms with E-state index in [0.717, 1.165) is 18.2 Å². The summed E-state index contributed by atoms with van der Waals surface area (Å²) in [7, 11) is 0. The van der Waals surface area contributed by atoms with E-state index < -0.39 is 18.5 Å². The summed E-state index contributed by atoms with van der Waals surface area (Å²) < 4.78 is 43.3. The molecule has 3 aromatic heterocycles.